The van der Waals surface area contributed by atoms with Crippen LogP contribution in [0.5, 0.6) is 5.75 Å². The molecular weight excluding hydrogens is 382 g/mol. The predicted molar refractivity (Wildman–Crippen MR) is 106 cm³/mol. The molecule has 2 aromatic rings. The van der Waals surface area contributed by atoms with Crippen molar-refractivity contribution in [1.82, 2.24) is 0 Å². The molecule has 2 aromatic carbocycles. The van der Waals surface area contributed by atoms with Crippen molar-refractivity contribution in [1.29, 1.82) is 5.26 Å². The van der Waals surface area contributed by atoms with Gasteiger partial charge in [-0.25, -0.2) is 4.79 Å². The van der Waals surface area contributed by atoms with Crippen LogP contribution in [0.25, 0.3) is 0 Å². The Morgan fingerprint density at radius 3 is 2.57 bits per heavy atom. The number of carbonyl (C=O) groups excluding carboxylic acids is 2. The number of carbonyl (C=O) groups is 2. The van der Waals surface area contributed by atoms with E-state index in [0.29, 0.717) is 23.1 Å². The van der Waals surface area contributed by atoms with Gasteiger partial charge in [0.2, 0.25) is 0 Å². The lowest BCUT2D eigenvalue weighted by Crippen LogP contribution is -2.35. The van der Waals surface area contributed by atoms with Crippen molar-refractivity contribution in [3.8, 4) is 11.8 Å². The monoisotopic (exact) mass is 401 g/mol. The molecule has 28 heavy (non-hydrogen) atoms. The summed E-state index contributed by atoms with van der Waals surface area (Å²) in [6.45, 7) is 2.07. The summed E-state index contributed by atoms with van der Waals surface area (Å²) in [4.78, 5) is 26.2. The third kappa shape index (κ3) is 5.63. The molecule has 0 aliphatic heterocycles. The summed E-state index contributed by atoms with van der Waals surface area (Å²) in [5, 5.41) is 9.19. The van der Waals surface area contributed by atoms with Crippen molar-refractivity contribution in [2.75, 3.05) is 30.4 Å². The van der Waals surface area contributed by atoms with Crippen molar-refractivity contribution >= 4 is 34.9 Å². The lowest BCUT2D eigenvalue weighted by Gasteiger charge is -2.22. The number of nitriles is 1. The van der Waals surface area contributed by atoms with Crippen molar-refractivity contribution in [2.45, 2.75) is 13.3 Å². The van der Waals surface area contributed by atoms with Crippen molar-refractivity contribution in [2.24, 2.45) is 0 Å². The van der Waals surface area contributed by atoms with Gasteiger partial charge in [0, 0.05) is 22.9 Å². The summed E-state index contributed by atoms with van der Waals surface area (Å²) in [7, 11) is 0. The van der Waals surface area contributed by atoms with E-state index >= 15 is 0 Å². The number of anilines is 2. The van der Waals surface area contributed by atoms with E-state index in [1.807, 2.05) is 13.0 Å². The van der Waals surface area contributed by atoms with Gasteiger partial charge in [-0.05, 0) is 49.4 Å². The number of benzene rings is 2. The number of halogens is 1. The van der Waals surface area contributed by atoms with Crippen LogP contribution in [-0.4, -0.2) is 31.6 Å². The van der Waals surface area contributed by atoms with E-state index in [1.54, 1.807) is 30.3 Å². The van der Waals surface area contributed by atoms with Gasteiger partial charge in [-0.3, -0.25) is 4.79 Å². The first-order chi connectivity index (χ1) is 13.5. The Kier molecular flexibility index (Phi) is 7.66. The molecule has 0 fully saturated rings. The first kappa shape index (κ1) is 21.1. The molecule has 0 heterocycles. The van der Waals surface area contributed by atoms with E-state index in [1.165, 1.54) is 17.0 Å². The molecule has 2 N–H and O–H groups in total. The van der Waals surface area contributed by atoms with Gasteiger partial charge >= 0.3 is 5.97 Å². The highest BCUT2D eigenvalue weighted by Crippen LogP contribution is 2.21. The van der Waals surface area contributed by atoms with Crippen LogP contribution in [0.1, 0.15) is 23.7 Å². The quantitative estimate of drug-likeness (QED) is 0.536. The average Bonchev–Trinajstić information content (AvgIpc) is 2.69. The Hall–Kier alpha value is -3.24. The molecule has 0 radical (unpaired) electrons. The first-order valence-electron chi connectivity index (χ1n) is 8.58. The molecule has 0 spiro atoms. The van der Waals surface area contributed by atoms with E-state index in [0.717, 1.165) is 0 Å². The predicted octanol–water partition coefficient (Wildman–Crippen LogP) is 3.42. The van der Waals surface area contributed by atoms with E-state index in [9.17, 15) is 9.59 Å². The summed E-state index contributed by atoms with van der Waals surface area (Å²) >= 11 is 5.87. The van der Waals surface area contributed by atoms with E-state index < -0.39 is 18.5 Å². The van der Waals surface area contributed by atoms with Crippen LogP contribution in [0, 0.1) is 11.3 Å². The maximum atomic E-state index is 12.6. The number of amides is 1. The highest BCUT2D eigenvalue weighted by atomic mass is 35.5. The third-order valence-electron chi connectivity index (χ3n) is 3.77. The van der Waals surface area contributed by atoms with Crippen LogP contribution in [-0.2, 0) is 9.53 Å². The molecule has 0 unspecified atom stereocenters. The second-order valence-corrected chi connectivity index (χ2v) is 6.12. The molecule has 0 aromatic heterocycles. The Labute approximate surface area is 168 Å². The van der Waals surface area contributed by atoms with Crippen molar-refractivity contribution in [3.05, 3.63) is 53.1 Å². The second kappa shape index (κ2) is 10.2. The van der Waals surface area contributed by atoms with Crippen LogP contribution < -0.4 is 15.4 Å². The Bertz CT molecular complexity index is 878. The molecule has 0 saturated heterocycles. The lowest BCUT2D eigenvalue weighted by molar-refractivity contribution is -0.121. The zero-order chi connectivity index (χ0) is 20.5. The van der Waals surface area contributed by atoms with Crippen LogP contribution in [0.4, 0.5) is 11.4 Å². The fourth-order valence-corrected chi connectivity index (χ4v) is 2.61. The summed E-state index contributed by atoms with van der Waals surface area (Å²) in [6, 6.07) is 13.3. The molecule has 0 bridgehead atoms. The van der Waals surface area contributed by atoms with Crippen molar-refractivity contribution in [3.63, 3.8) is 0 Å². The average molecular weight is 402 g/mol. The van der Waals surface area contributed by atoms with Gasteiger partial charge in [-0.1, -0.05) is 11.6 Å². The maximum absolute atomic E-state index is 12.6. The Morgan fingerprint density at radius 1 is 1.21 bits per heavy atom. The van der Waals surface area contributed by atoms with Gasteiger partial charge in [-0.15, -0.1) is 0 Å². The molecule has 7 nitrogen and oxygen atoms in total. The van der Waals surface area contributed by atoms with Crippen molar-refractivity contribution < 1.29 is 19.1 Å². The molecule has 0 aliphatic rings. The minimum absolute atomic E-state index is 0.0879. The topological polar surface area (TPSA) is 106 Å². The minimum atomic E-state index is -0.750. The lowest BCUT2D eigenvalue weighted by atomic mass is 10.2. The maximum Gasteiger partial charge on any atom is 0.340 e. The highest BCUT2D eigenvalue weighted by molar-refractivity contribution is 6.31. The highest BCUT2D eigenvalue weighted by Gasteiger charge is 2.19. The first-order valence-corrected chi connectivity index (χ1v) is 8.96. The SMILES string of the molecule is CCOc1ccc(N(CCC#N)C(=O)COC(=O)c2cc(Cl)ccc2N)cc1. The summed E-state index contributed by atoms with van der Waals surface area (Å²) in [5.41, 5.74) is 6.61. The fraction of sp³-hybridized carbons (Fsp3) is 0.250. The standard InChI is InChI=1S/C20H20ClN3O4/c1-2-27-16-7-5-15(6-8-16)24(11-3-10-22)19(25)13-28-20(26)17-12-14(21)4-9-18(17)23/h4-9,12H,2-3,11,13,23H2,1H3. The van der Waals surface area contributed by atoms with Gasteiger partial charge in [0.25, 0.3) is 5.91 Å². The van der Waals surface area contributed by atoms with Crippen LogP contribution in [0.2, 0.25) is 5.02 Å². The van der Waals surface area contributed by atoms with Gasteiger partial charge in [0.15, 0.2) is 6.61 Å². The van der Waals surface area contributed by atoms with Crippen LogP contribution in [0.15, 0.2) is 42.5 Å². The molecule has 1 amide bonds. The molecule has 146 valence electrons. The number of nitrogen functional groups attached to an aromatic ring is 1. The number of ether oxygens (including phenoxy) is 2. The zero-order valence-electron chi connectivity index (χ0n) is 15.4. The fourth-order valence-electron chi connectivity index (χ4n) is 2.44. The van der Waals surface area contributed by atoms with E-state index in [-0.39, 0.29) is 24.2 Å². The molecule has 8 heteroatoms. The summed E-state index contributed by atoms with van der Waals surface area (Å²) < 4.78 is 10.5. The van der Waals surface area contributed by atoms with Gasteiger partial charge in [-0.2, -0.15) is 5.26 Å². The smallest absolute Gasteiger partial charge is 0.340 e. The number of rotatable bonds is 8. The number of esters is 1. The number of nitrogens with zero attached hydrogens (tertiary/aromatic N) is 2. The molecule has 2 rings (SSSR count). The van der Waals surface area contributed by atoms with E-state index in [2.05, 4.69) is 0 Å². The van der Waals surface area contributed by atoms with Crippen LogP contribution in [0.3, 0.4) is 0 Å². The molecule has 0 saturated carbocycles. The summed E-state index contributed by atoms with van der Waals surface area (Å²) in [6.07, 6.45) is 0.133. The number of nitrogens with two attached hydrogens (primary N) is 1. The number of hydrogen-bond acceptors (Lipinski definition) is 6. The normalized spacial score (nSPS) is 10.0. The largest absolute Gasteiger partial charge is 0.494 e. The Morgan fingerprint density at radius 2 is 1.93 bits per heavy atom. The van der Waals surface area contributed by atoms with E-state index in [4.69, 9.17) is 32.1 Å². The molecular formula is C20H20ClN3O4. The van der Waals surface area contributed by atoms with Gasteiger partial charge in [0.05, 0.1) is 24.7 Å². The second-order valence-electron chi connectivity index (χ2n) is 5.69. The van der Waals surface area contributed by atoms with Crippen LogP contribution >= 0.6 is 11.6 Å². The van der Waals surface area contributed by atoms with Gasteiger partial charge < -0.3 is 20.1 Å². The molecule has 0 aliphatic carbocycles. The minimum Gasteiger partial charge on any atom is -0.494 e. The third-order valence-corrected chi connectivity index (χ3v) is 4.00. The van der Waals surface area contributed by atoms with Gasteiger partial charge in [0.1, 0.15) is 5.75 Å². The number of hydrogen-bond donors (Lipinski definition) is 1. The summed E-state index contributed by atoms with van der Waals surface area (Å²) in [5.74, 6) is -0.546. The Balaban J connectivity index is 2.09. The molecule has 0 atom stereocenters. The zero-order valence-corrected chi connectivity index (χ0v) is 16.1.